The van der Waals surface area contributed by atoms with Gasteiger partial charge in [-0.05, 0) is 36.4 Å². The van der Waals surface area contributed by atoms with Crippen LogP contribution >= 0.6 is 27.7 Å². The predicted molar refractivity (Wildman–Crippen MR) is 92.7 cm³/mol. The van der Waals surface area contributed by atoms with Crippen molar-refractivity contribution in [2.24, 2.45) is 0 Å². The summed E-state index contributed by atoms with van der Waals surface area (Å²) in [7, 11) is 0. The summed E-state index contributed by atoms with van der Waals surface area (Å²) in [5.41, 5.74) is 1.25. The molecule has 1 aliphatic heterocycles. The summed E-state index contributed by atoms with van der Waals surface area (Å²) in [5, 5.41) is 2.84. The van der Waals surface area contributed by atoms with Gasteiger partial charge in [0.1, 0.15) is 6.10 Å². The van der Waals surface area contributed by atoms with E-state index in [1.165, 1.54) is 0 Å². The lowest BCUT2D eigenvalue weighted by molar-refractivity contribution is 0.102. The SMILES string of the molecule is O=C(Nc1cccc(Br)c1)c1ccc(OC2CCSC2)nc1. The first-order valence-corrected chi connectivity index (χ1v) is 8.93. The van der Waals surface area contributed by atoms with Crippen molar-refractivity contribution < 1.29 is 9.53 Å². The molecule has 1 aliphatic rings. The van der Waals surface area contributed by atoms with Gasteiger partial charge in [0.2, 0.25) is 5.88 Å². The molecule has 0 spiro atoms. The fourth-order valence-electron chi connectivity index (χ4n) is 2.13. The highest BCUT2D eigenvalue weighted by molar-refractivity contribution is 9.10. The minimum Gasteiger partial charge on any atom is -0.473 e. The quantitative estimate of drug-likeness (QED) is 0.873. The standard InChI is InChI=1S/C16H15BrN2O2S/c17-12-2-1-3-13(8-12)19-16(20)11-4-5-15(18-9-11)21-14-6-7-22-10-14/h1-5,8-9,14H,6-7,10H2,(H,19,20). The van der Waals surface area contributed by atoms with Gasteiger partial charge in [-0.15, -0.1) is 0 Å². The Hall–Kier alpha value is -1.53. The summed E-state index contributed by atoms with van der Waals surface area (Å²) in [6.45, 7) is 0. The second-order valence-corrected chi connectivity index (χ2v) is 7.02. The number of aromatic nitrogens is 1. The number of carbonyl (C=O) groups excluding carboxylic acids is 1. The third-order valence-electron chi connectivity index (χ3n) is 3.26. The van der Waals surface area contributed by atoms with Gasteiger partial charge in [0.15, 0.2) is 0 Å². The van der Waals surface area contributed by atoms with Gasteiger partial charge >= 0.3 is 0 Å². The predicted octanol–water partition coefficient (Wildman–Crippen LogP) is 3.98. The van der Waals surface area contributed by atoms with Gasteiger partial charge in [0.05, 0.1) is 5.56 Å². The highest BCUT2D eigenvalue weighted by atomic mass is 79.9. The monoisotopic (exact) mass is 378 g/mol. The molecule has 1 aromatic carbocycles. The van der Waals surface area contributed by atoms with E-state index < -0.39 is 0 Å². The Morgan fingerprint density at radius 1 is 1.36 bits per heavy atom. The third-order valence-corrected chi connectivity index (χ3v) is 4.88. The van der Waals surface area contributed by atoms with E-state index in [2.05, 4.69) is 26.2 Å². The van der Waals surface area contributed by atoms with Crippen LogP contribution in [0.15, 0.2) is 47.1 Å². The number of thioether (sulfide) groups is 1. The van der Waals surface area contributed by atoms with Crippen LogP contribution in [-0.2, 0) is 0 Å². The van der Waals surface area contributed by atoms with Gasteiger partial charge in [0.25, 0.3) is 5.91 Å². The van der Waals surface area contributed by atoms with Crippen LogP contribution < -0.4 is 10.1 Å². The molecule has 2 heterocycles. The molecule has 4 nitrogen and oxygen atoms in total. The maximum atomic E-state index is 12.2. The number of benzene rings is 1. The lowest BCUT2D eigenvalue weighted by atomic mass is 10.2. The molecule has 1 N–H and O–H groups in total. The van der Waals surface area contributed by atoms with Crippen LogP contribution in [-0.4, -0.2) is 28.5 Å². The molecule has 6 heteroatoms. The molecule has 0 bridgehead atoms. The van der Waals surface area contributed by atoms with Crippen molar-refractivity contribution in [1.29, 1.82) is 0 Å². The fourth-order valence-corrected chi connectivity index (χ4v) is 3.62. The highest BCUT2D eigenvalue weighted by Crippen LogP contribution is 2.22. The van der Waals surface area contributed by atoms with E-state index in [0.717, 1.165) is 28.1 Å². The summed E-state index contributed by atoms with van der Waals surface area (Å²) in [5.74, 6) is 2.53. The summed E-state index contributed by atoms with van der Waals surface area (Å²) in [6.07, 6.45) is 2.83. The molecule has 3 rings (SSSR count). The van der Waals surface area contributed by atoms with Crippen molar-refractivity contribution in [2.75, 3.05) is 16.8 Å². The highest BCUT2D eigenvalue weighted by Gasteiger charge is 2.17. The average molecular weight is 379 g/mol. The number of rotatable bonds is 4. The Morgan fingerprint density at radius 2 is 2.27 bits per heavy atom. The van der Waals surface area contributed by atoms with E-state index in [4.69, 9.17) is 4.74 Å². The van der Waals surface area contributed by atoms with Gasteiger partial charge in [-0.3, -0.25) is 4.79 Å². The van der Waals surface area contributed by atoms with E-state index in [1.807, 2.05) is 36.0 Å². The third kappa shape index (κ3) is 4.01. The average Bonchev–Trinajstić information content (AvgIpc) is 3.01. The summed E-state index contributed by atoms with van der Waals surface area (Å²) in [6, 6.07) is 10.9. The second kappa shape index (κ2) is 7.15. The van der Waals surface area contributed by atoms with Crippen molar-refractivity contribution in [3.63, 3.8) is 0 Å². The molecule has 1 amide bonds. The maximum absolute atomic E-state index is 12.2. The Kier molecular flexibility index (Phi) is 5.00. The van der Waals surface area contributed by atoms with Gasteiger partial charge in [-0.1, -0.05) is 22.0 Å². The van der Waals surface area contributed by atoms with Crippen molar-refractivity contribution in [2.45, 2.75) is 12.5 Å². The van der Waals surface area contributed by atoms with Crippen LogP contribution in [0.2, 0.25) is 0 Å². The number of ether oxygens (including phenoxy) is 1. The molecule has 1 fully saturated rings. The Morgan fingerprint density at radius 3 is 2.95 bits per heavy atom. The topological polar surface area (TPSA) is 51.2 Å². The number of halogens is 1. The van der Waals surface area contributed by atoms with Crippen molar-refractivity contribution in [1.82, 2.24) is 4.98 Å². The molecule has 1 unspecified atom stereocenters. The molecular formula is C16H15BrN2O2S. The minimum absolute atomic E-state index is 0.187. The second-order valence-electron chi connectivity index (χ2n) is 4.95. The van der Waals surface area contributed by atoms with Gasteiger partial charge in [-0.25, -0.2) is 4.98 Å². The van der Waals surface area contributed by atoms with E-state index in [-0.39, 0.29) is 12.0 Å². The van der Waals surface area contributed by atoms with Crippen LogP contribution in [0, 0.1) is 0 Å². The Bertz CT molecular complexity index is 657. The number of hydrogen-bond acceptors (Lipinski definition) is 4. The normalized spacial score (nSPS) is 17.2. The Balaban J connectivity index is 1.63. The van der Waals surface area contributed by atoms with Crippen LogP contribution in [0.25, 0.3) is 0 Å². The molecule has 2 aromatic rings. The lowest BCUT2D eigenvalue weighted by Crippen LogP contribution is -2.16. The first-order chi connectivity index (χ1) is 10.7. The molecule has 1 atom stereocenters. The summed E-state index contributed by atoms with van der Waals surface area (Å²) in [4.78, 5) is 16.4. The molecule has 1 saturated heterocycles. The summed E-state index contributed by atoms with van der Waals surface area (Å²) >= 11 is 5.27. The smallest absolute Gasteiger partial charge is 0.257 e. The number of amides is 1. The molecule has 114 valence electrons. The zero-order valence-corrected chi connectivity index (χ0v) is 14.2. The van der Waals surface area contributed by atoms with Crippen LogP contribution in [0.1, 0.15) is 16.8 Å². The first kappa shape index (κ1) is 15.4. The largest absolute Gasteiger partial charge is 0.473 e. The van der Waals surface area contributed by atoms with E-state index in [9.17, 15) is 4.79 Å². The maximum Gasteiger partial charge on any atom is 0.257 e. The molecule has 0 radical (unpaired) electrons. The van der Waals surface area contributed by atoms with Crippen LogP contribution in [0.4, 0.5) is 5.69 Å². The van der Waals surface area contributed by atoms with Gasteiger partial charge < -0.3 is 10.1 Å². The molecule has 0 saturated carbocycles. The van der Waals surface area contributed by atoms with Gasteiger partial charge in [0, 0.05) is 28.2 Å². The number of nitrogens with one attached hydrogen (secondary N) is 1. The Labute approximate surface area is 141 Å². The van der Waals surface area contributed by atoms with E-state index >= 15 is 0 Å². The van der Waals surface area contributed by atoms with Crippen LogP contribution in [0.5, 0.6) is 5.88 Å². The van der Waals surface area contributed by atoms with Crippen molar-refractivity contribution in [3.8, 4) is 5.88 Å². The lowest BCUT2D eigenvalue weighted by Gasteiger charge is -2.11. The first-order valence-electron chi connectivity index (χ1n) is 6.98. The molecule has 1 aromatic heterocycles. The minimum atomic E-state index is -0.187. The zero-order chi connectivity index (χ0) is 15.4. The summed E-state index contributed by atoms with van der Waals surface area (Å²) < 4.78 is 6.69. The fraction of sp³-hybridized carbons (Fsp3) is 0.250. The zero-order valence-electron chi connectivity index (χ0n) is 11.8. The number of anilines is 1. The molecule has 22 heavy (non-hydrogen) atoms. The van der Waals surface area contributed by atoms with E-state index in [0.29, 0.717) is 11.4 Å². The number of carbonyl (C=O) groups is 1. The van der Waals surface area contributed by atoms with Crippen molar-refractivity contribution in [3.05, 3.63) is 52.6 Å². The van der Waals surface area contributed by atoms with E-state index in [1.54, 1.807) is 18.3 Å². The van der Waals surface area contributed by atoms with Gasteiger partial charge in [-0.2, -0.15) is 11.8 Å². The van der Waals surface area contributed by atoms with Crippen LogP contribution in [0.3, 0.4) is 0 Å². The molecule has 0 aliphatic carbocycles. The number of hydrogen-bond donors (Lipinski definition) is 1. The molecular weight excluding hydrogens is 364 g/mol. The van der Waals surface area contributed by atoms with Crippen molar-refractivity contribution >= 4 is 39.3 Å². The number of nitrogens with zero attached hydrogens (tertiary/aromatic N) is 1. The number of pyridine rings is 1.